The van der Waals surface area contributed by atoms with Crippen LogP contribution in [-0.2, 0) is 4.74 Å². The lowest BCUT2D eigenvalue weighted by Gasteiger charge is -2.26. The second-order valence-electron chi connectivity index (χ2n) is 4.32. The van der Waals surface area contributed by atoms with Crippen LogP contribution in [0.15, 0.2) is 12.1 Å². The number of aromatic nitrogens is 1. The Balaban J connectivity index is 2.20. The van der Waals surface area contributed by atoms with E-state index >= 15 is 0 Å². The monoisotopic (exact) mass is 288 g/mol. The summed E-state index contributed by atoms with van der Waals surface area (Å²) in [7, 11) is 1.75. The van der Waals surface area contributed by atoms with Gasteiger partial charge in [0.25, 0.3) is 5.91 Å². The fourth-order valence-electron chi connectivity index (χ4n) is 2.14. The van der Waals surface area contributed by atoms with Crippen LogP contribution in [0.4, 0.5) is 0 Å². The molecule has 1 aromatic rings. The summed E-state index contributed by atoms with van der Waals surface area (Å²) in [5.74, 6) is -0.161. The van der Waals surface area contributed by atoms with Gasteiger partial charge < -0.3 is 9.64 Å². The molecule has 0 saturated carbocycles. The van der Waals surface area contributed by atoms with Crippen LogP contribution in [0.2, 0.25) is 10.3 Å². The van der Waals surface area contributed by atoms with E-state index in [-0.39, 0.29) is 28.4 Å². The van der Waals surface area contributed by atoms with Crippen molar-refractivity contribution in [1.82, 2.24) is 9.88 Å². The van der Waals surface area contributed by atoms with E-state index in [2.05, 4.69) is 4.98 Å². The third kappa shape index (κ3) is 2.60. The van der Waals surface area contributed by atoms with Gasteiger partial charge in [0.2, 0.25) is 0 Å². The minimum Gasteiger partial charge on any atom is -0.376 e. The molecule has 4 nitrogen and oxygen atoms in total. The maximum atomic E-state index is 12.3. The van der Waals surface area contributed by atoms with E-state index in [1.165, 1.54) is 0 Å². The summed E-state index contributed by atoms with van der Waals surface area (Å²) in [6.07, 6.45) is 0.875. The quantitative estimate of drug-likeness (QED) is 0.786. The number of nitrogens with zero attached hydrogens (tertiary/aromatic N) is 2. The van der Waals surface area contributed by atoms with E-state index in [1.54, 1.807) is 24.1 Å². The second-order valence-corrected chi connectivity index (χ2v) is 5.07. The molecule has 2 atom stereocenters. The predicted molar refractivity (Wildman–Crippen MR) is 70.2 cm³/mol. The van der Waals surface area contributed by atoms with E-state index in [9.17, 15) is 4.79 Å². The fourth-order valence-corrected chi connectivity index (χ4v) is 2.57. The Morgan fingerprint density at radius 2 is 2.22 bits per heavy atom. The lowest BCUT2D eigenvalue weighted by Crippen LogP contribution is -2.41. The zero-order chi connectivity index (χ0) is 13.3. The number of likely N-dealkylation sites (N-methyl/N-ethyl adjacent to an activating group) is 1. The molecule has 0 aliphatic carbocycles. The molecule has 1 saturated heterocycles. The first kappa shape index (κ1) is 13.6. The zero-order valence-corrected chi connectivity index (χ0v) is 11.7. The van der Waals surface area contributed by atoms with Gasteiger partial charge in [0.05, 0.1) is 17.7 Å². The minimum absolute atomic E-state index is 0.0398. The van der Waals surface area contributed by atoms with Crippen LogP contribution in [0.1, 0.15) is 23.7 Å². The summed E-state index contributed by atoms with van der Waals surface area (Å²) in [5, 5.41) is 0.405. The molecule has 1 amide bonds. The van der Waals surface area contributed by atoms with E-state index in [1.807, 2.05) is 6.92 Å². The number of ether oxygens (including phenoxy) is 1. The molecule has 2 unspecified atom stereocenters. The average molecular weight is 289 g/mol. The van der Waals surface area contributed by atoms with E-state index in [4.69, 9.17) is 27.9 Å². The van der Waals surface area contributed by atoms with Crippen LogP contribution in [-0.4, -0.2) is 41.6 Å². The third-order valence-electron chi connectivity index (χ3n) is 3.20. The second kappa shape index (κ2) is 5.43. The first-order valence-corrected chi connectivity index (χ1v) is 6.47. The van der Waals surface area contributed by atoms with E-state index in [0.717, 1.165) is 6.42 Å². The molecule has 2 heterocycles. The van der Waals surface area contributed by atoms with Gasteiger partial charge in [0.1, 0.15) is 10.3 Å². The van der Waals surface area contributed by atoms with Crippen LogP contribution in [0.5, 0.6) is 0 Å². The maximum absolute atomic E-state index is 12.3. The van der Waals surface area contributed by atoms with E-state index < -0.39 is 0 Å². The Bertz CT molecular complexity index is 467. The van der Waals surface area contributed by atoms with Crippen molar-refractivity contribution in [3.8, 4) is 0 Å². The summed E-state index contributed by atoms with van der Waals surface area (Å²) < 4.78 is 5.46. The van der Waals surface area contributed by atoms with Crippen LogP contribution >= 0.6 is 23.2 Å². The average Bonchev–Trinajstić information content (AvgIpc) is 2.74. The van der Waals surface area contributed by atoms with Crippen molar-refractivity contribution in [1.29, 1.82) is 0 Å². The standard InChI is InChI=1S/C12H14Cl2N2O2/c1-7-9(5-6-18-7)16(2)12(17)8-3-4-10(13)15-11(8)14/h3-4,7,9H,5-6H2,1-2H3. The highest BCUT2D eigenvalue weighted by molar-refractivity contribution is 6.34. The molecule has 1 aromatic heterocycles. The summed E-state index contributed by atoms with van der Waals surface area (Å²) in [6, 6.07) is 3.23. The molecule has 0 aromatic carbocycles. The Labute approximate surface area is 116 Å². The van der Waals surface area contributed by atoms with Crippen molar-refractivity contribution in [3.63, 3.8) is 0 Å². The number of rotatable bonds is 2. The van der Waals surface area contributed by atoms with Gasteiger partial charge in [-0.25, -0.2) is 4.98 Å². The summed E-state index contributed by atoms with van der Waals surface area (Å²) >= 11 is 11.6. The third-order valence-corrected chi connectivity index (χ3v) is 3.70. The van der Waals surface area contributed by atoms with Gasteiger partial charge in [-0.15, -0.1) is 0 Å². The molecule has 1 aliphatic rings. The van der Waals surface area contributed by atoms with Crippen LogP contribution < -0.4 is 0 Å². The highest BCUT2D eigenvalue weighted by Crippen LogP contribution is 2.23. The van der Waals surface area contributed by atoms with E-state index in [0.29, 0.717) is 12.2 Å². The number of hydrogen-bond donors (Lipinski definition) is 0. The van der Waals surface area contributed by atoms with Gasteiger partial charge in [-0.2, -0.15) is 0 Å². The van der Waals surface area contributed by atoms with Gasteiger partial charge in [0.15, 0.2) is 0 Å². The van der Waals surface area contributed by atoms with Crippen LogP contribution in [0.3, 0.4) is 0 Å². The van der Waals surface area contributed by atoms with Crippen molar-refractivity contribution < 1.29 is 9.53 Å². The van der Waals surface area contributed by atoms with Gasteiger partial charge in [0, 0.05) is 13.7 Å². The molecule has 0 N–H and O–H groups in total. The number of carbonyl (C=O) groups is 1. The Kier molecular flexibility index (Phi) is 4.10. The van der Waals surface area contributed by atoms with Crippen molar-refractivity contribution >= 4 is 29.1 Å². The Morgan fingerprint density at radius 3 is 2.78 bits per heavy atom. The number of hydrogen-bond acceptors (Lipinski definition) is 3. The maximum Gasteiger partial charge on any atom is 0.257 e. The summed E-state index contributed by atoms with van der Waals surface area (Å²) in [4.78, 5) is 17.8. The predicted octanol–water partition coefficient (Wildman–Crippen LogP) is 2.64. The lowest BCUT2D eigenvalue weighted by molar-refractivity contribution is 0.0574. The normalized spacial score (nSPS) is 23.1. The van der Waals surface area contributed by atoms with Crippen LogP contribution in [0.25, 0.3) is 0 Å². The largest absolute Gasteiger partial charge is 0.376 e. The molecule has 6 heteroatoms. The highest BCUT2D eigenvalue weighted by Gasteiger charge is 2.31. The minimum atomic E-state index is -0.161. The van der Waals surface area contributed by atoms with Crippen molar-refractivity contribution in [3.05, 3.63) is 28.0 Å². The molecular weight excluding hydrogens is 275 g/mol. The smallest absolute Gasteiger partial charge is 0.257 e. The molecule has 1 fully saturated rings. The van der Waals surface area contributed by atoms with Gasteiger partial charge in [-0.05, 0) is 25.5 Å². The molecule has 0 radical (unpaired) electrons. The van der Waals surface area contributed by atoms with Crippen LogP contribution in [0, 0.1) is 0 Å². The summed E-state index contributed by atoms with van der Waals surface area (Å²) in [5.41, 5.74) is 0.364. The fraction of sp³-hybridized carbons (Fsp3) is 0.500. The molecule has 2 rings (SSSR count). The van der Waals surface area contributed by atoms with Crippen molar-refractivity contribution in [2.75, 3.05) is 13.7 Å². The van der Waals surface area contributed by atoms with Crippen molar-refractivity contribution in [2.45, 2.75) is 25.5 Å². The molecule has 0 spiro atoms. The molecule has 1 aliphatic heterocycles. The van der Waals surface area contributed by atoms with Gasteiger partial charge in [-0.1, -0.05) is 23.2 Å². The summed E-state index contributed by atoms with van der Waals surface area (Å²) in [6.45, 7) is 2.64. The SMILES string of the molecule is CC1OCCC1N(C)C(=O)c1ccc(Cl)nc1Cl. The number of amides is 1. The Hall–Kier alpha value is -0.840. The number of carbonyl (C=O) groups excluding carboxylic acids is 1. The highest BCUT2D eigenvalue weighted by atomic mass is 35.5. The molecule has 0 bridgehead atoms. The van der Waals surface area contributed by atoms with Crippen molar-refractivity contribution in [2.24, 2.45) is 0 Å². The van der Waals surface area contributed by atoms with Gasteiger partial charge >= 0.3 is 0 Å². The first-order chi connectivity index (χ1) is 8.50. The Morgan fingerprint density at radius 1 is 1.50 bits per heavy atom. The first-order valence-electron chi connectivity index (χ1n) is 5.71. The van der Waals surface area contributed by atoms with Gasteiger partial charge in [-0.3, -0.25) is 4.79 Å². The number of pyridine rings is 1. The molecular formula is C12H14Cl2N2O2. The zero-order valence-electron chi connectivity index (χ0n) is 10.2. The molecule has 98 valence electrons. The topological polar surface area (TPSA) is 42.4 Å². The molecule has 18 heavy (non-hydrogen) atoms. The number of halogens is 2. The lowest BCUT2D eigenvalue weighted by atomic mass is 10.1.